The minimum atomic E-state index is -1.03. The van der Waals surface area contributed by atoms with E-state index in [1.54, 1.807) is 19.2 Å². The first-order valence-electron chi connectivity index (χ1n) is 12.5. The van der Waals surface area contributed by atoms with Gasteiger partial charge >= 0.3 is 0 Å². The van der Waals surface area contributed by atoms with Crippen molar-refractivity contribution in [2.24, 2.45) is 11.7 Å². The summed E-state index contributed by atoms with van der Waals surface area (Å²) >= 11 is 0. The van der Waals surface area contributed by atoms with Gasteiger partial charge in [-0.2, -0.15) is 0 Å². The molecule has 0 radical (unpaired) electrons. The molecule has 0 bridgehead atoms. The predicted molar refractivity (Wildman–Crippen MR) is 136 cm³/mol. The number of nitrogens with zero attached hydrogens (tertiary/aromatic N) is 1. The summed E-state index contributed by atoms with van der Waals surface area (Å²) in [6, 6.07) is 5.25. The summed E-state index contributed by atoms with van der Waals surface area (Å²) in [7, 11) is 1.56. The van der Waals surface area contributed by atoms with E-state index in [2.05, 4.69) is 15.6 Å². The van der Waals surface area contributed by atoms with Crippen molar-refractivity contribution in [1.29, 1.82) is 0 Å². The molecule has 1 aromatic heterocycles. The first kappa shape index (κ1) is 26.5. The predicted octanol–water partition coefficient (Wildman–Crippen LogP) is 1.07. The van der Waals surface area contributed by atoms with Crippen LogP contribution in [0.15, 0.2) is 24.3 Å². The molecule has 2 saturated heterocycles. The van der Waals surface area contributed by atoms with Crippen LogP contribution in [0, 0.1) is 5.92 Å². The van der Waals surface area contributed by atoms with Crippen molar-refractivity contribution in [2.75, 3.05) is 20.2 Å². The van der Waals surface area contributed by atoms with Crippen LogP contribution in [-0.2, 0) is 19.1 Å². The van der Waals surface area contributed by atoms with Gasteiger partial charge in [0.05, 0.1) is 18.8 Å². The second-order valence-corrected chi connectivity index (χ2v) is 10.6. The number of primary amides is 1. The Kier molecular flexibility index (Phi) is 7.44. The van der Waals surface area contributed by atoms with Crippen molar-refractivity contribution in [1.82, 2.24) is 20.5 Å². The Morgan fingerprint density at radius 1 is 1.27 bits per heavy atom. The first-order valence-corrected chi connectivity index (χ1v) is 12.5. The summed E-state index contributed by atoms with van der Waals surface area (Å²) in [5.41, 5.74) is 6.12. The van der Waals surface area contributed by atoms with Crippen LogP contribution in [0.1, 0.15) is 50.5 Å². The van der Waals surface area contributed by atoms with Crippen LogP contribution in [0.25, 0.3) is 10.9 Å². The standard InChI is InChI=1S/C26H35N5O6/c1-26(2,3)37-15-11-20(24(34)30-18(22(27)32)10-14-8-9-28-23(14)33)31(13-15)25(35)19-12-16-17(29-19)6-5-7-21(16)36-4/h5-7,12,14-15,18,20,29H,8-11,13H2,1-4H3,(H2,27,32)(H,28,33)(H,30,34). The highest BCUT2D eigenvalue weighted by atomic mass is 16.5. The molecule has 11 heteroatoms. The number of nitrogens with one attached hydrogen (secondary N) is 3. The van der Waals surface area contributed by atoms with Crippen LogP contribution in [-0.4, -0.2) is 77.5 Å². The van der Waals surface area contributed by atoms with Gasteiger partial charge in [0.1, 0.15) is 23.5 Å². The Morgan fingerprint density at radius 3 is 2.65 bits per heavy atom. The highest BCUT2D eigenvalue weighted by Crippen LogP contribution is 2.30. The summed E-state index contributed by atoms with van der Waals surface area (Å²) in [5.74, 6) is -1.55. The van der Waals surface area contributed by atoms with Crippen LogP contribution in [0.3, 0.4) is 0 Å². The number of amides is 4. The van der Waals surface area contributed by atoms with Crippen molar-refractivity contribution in [3.8, 4) is 5.75 Å². The normalized spacial score (nSPS) is 22.6. The number of hydrogen-bond donors (Lipinski definition) is 4. The molecule has 0 spiro atoms. The van der Waals surface area contributed by atoms with Crippen molar-refractivity contribution in [2.45, 2.75) is 63.8 Å². The molecule has 4 atom stereocenters. The van der Waals surface area contributed by atoms with Gasteiger partial charge in [-0.15, -0.1) is 0 Å². The smallest absolute Gasteiger partial charge is 0.271 e. The van der Waals surface area contributed by atoms with E-state index in [1.807, 2.05) is 32.9 Å². The number of rotatable bonds is 8. The lowest BCUT2D eigenvalue weighted by molar-refractivity contribution is -0.131. The van der Waals surface area contributed by atoms with E-state index in [0.717, 1.165) is 10.9 Å². The van der Waals surface area contributed by atoms with E-state index in [9.17, 15) is 19.2 Å². The Balaban J connectivity index is 1.57. The van der Waals surface area contributed by atoms with Crippen LogP contribution in [0.5, 0.6) is 5.75 Å². The molecule has 2 aliphatic heterocycles. The van der Waals surface area contributed by atoms with Gasteiger partial charge in [-0.05, 0) is 51.8 Å². The zero-order chi connectivity index (χ0) is 26.9. The number of methoxy groups -OCH3 is 1. The van der Waals surface area contributed by atoms with Gasteiger partial charge in [0.2, 0.25) is 17.7 Å². The van der Waals surface area contributed by atoms with E-state index in [0.29, 0.717) is 24.4 Å². The van der Waals surface area contributed by atoms with E-state index < -0.39 is 35.4 Å². The van der Waals surface area contributed by atoms with Crippen molar-refractivity contribution >= 4 is 34.5 Å². The van der Waals surface area contributed by atoms with Gasteiger partial charge < -0.3 is 35.7 Å². The number of H-pyrrole nitrogens is 1. The van der Waals surface area contributed by atoms with E-state index >= 15 is 0 Å². The molecule has 5 N–H and O–H groups in total. The fraction of sp³-hybridized carbons (Fsp3) is 0.538. The lowest BCUT2D eigenvalue weighted by atomic mass is 9.97. The van der Waals surface area contributed by atoms with Gasteiger partial charge in [0, 0.05) is 36.3 Å². The molecule has 2 aliphatic rings. The Bertz CT molecular complexity index is 1200. The van der Waals surface area contributed by atoms with Crippen molar-refractivity contribution in [3.05, 3.63) is 30.0 Å². The van der Waals surface area contributed by atoms with Crippen LogP contribution >= 0.6 is 0 Å². The molecule has 2 aromatic rings. The molecule has 1 aromatic carbocycles. The van der Waals surface area contributed by atoms with Crippen LogP contribution in [0.4, 0.5) is 0 Å². The minimum Gasteiger partial charge on any atom is -0.496 e. The third kappa shape index (κ3) is 5.87. The maximum Gasteiger partial charge on any atom is 0.271 e. The van der Waals surface area contributed by atoms with E-state index in [-0.39, 0.29) is 37.3 Å². The fourth-order valence-electron chi connectivity index (χ4n) is 5.10. The number of carbonyl (C=O) groups is 4. The minimum absolute atomic E-state index is 0.108. The quantitative estimate of drug-likeness (QED) is 0.414. The van der Waals surface area contributed by atoms with Gasteiger partial charge in [0.15, 0.2) is 0 Å². The number of aromatic amines is 1. The molecule has 4 rings (SSSR count). The molecule has 11 nitrogen and oxygen atoms in total. The first-order chi connectivity index (χ1) is 17.5. The summed E-state index contributed by atoms with van der Waals surface area (Å²) in [6.45, 7) is 6.45. The number of carbonyl (C=O) groups excluding carboxylic acids is 4. The highest BCUT2D eigenvalue weighted by molar-refractivity contribution is 6.02. The maximum absolute atomic E-state index is 13.7. The van der Waals surface area contributed by atoms with Gasteiger partial charge in [0.25, 0.3) is 5.91 Å². The molecule has 4 unspecified atom stereocenters. The topological polar surface area (TPSA) is 156 Å². The summed E-state index contributed by atoms with van der Waals surface area (Å²) < 4.78 is 11.5. The number of likely N-dealkylation sites (tertiary alicyclic amines) is 1. The third-order valence-electron chi connectivity index (χ3n) is 6.76. The number of hydrogen-bond acceptors (Lipinski definition) is 6. The van der Waals surface area contributed by atoms with Crippen molar-refractivity contribution in [3.63, 3.8) is 0 Å². The largest absolute Gasteiger partial charge is 0.496 e. The van der Waals surface area contributed by atoms with Crippen LogP contribution < -0.4 is 21.1 Å². The van der Waals surface area contributed by atoms with E-state index in [4.69, 9.17) is 15.2 Å². The second-order valence-electron chi connectivity index (χ2n) is 10.6. The van der Waals surface area contributed by atoms with Crippen molar-refractivity contribution < 1.29 is 28.7 Å². The molecule has 200 valence electrons. The van der Waals surface area contributed by atoms with E-state index in [1.165, 1.54) is 4.90 Å². The van der Waals surface area contributed by atoms with Gasteiger partial charge in [-0.3, -0.25) is 19.2 Å². The Hall–Kier alpha value is -3.60. The zero-order valence-corrected chi connectivity index (χ0v) is 21.6. The van der Waals surface area contributed by atoms with Gasteiger partial charge in [-0.25, -0.2) is 0 Å². The monoisotopic (exact) mass is 513 g/mol. The number of ether oxygens (including phenoxy) is 2. The SMILES string of the molecule is COc1cccc2[nH]c(C(=O)N3CC(OC(C)(C)C)CC3C(=O)NC(CC3CCNC3=O)C(N)=O)cc12. The number of nitrogens with two attached hydrogens (primary N) is 1. The lowest BCUT2D eigenvalue weighted by Gasteiger charge is -2.26. The number of aromatic nitrogens is 1. The molecule has 3 heterocycles. The lowest BCUT2D eigenvalue weighted by Crippen LogP contribution is -2.53. The average molecular weight is 514 g/mol. The van der Waals surface area contributed by atoms with Crippen LogP contribution in [0.2, 0.25) is 0 Å². The average Bonchev–Trinajstić information content (AvgIpc) is 3.55. The molecule has 37 heavy (non-hydrogen) atoms. The maximum atomic E-state index is 13.7. The summed E-state index contributed by atoms with van der Waals surface area (Å²) in [4.78, 5) is 55.8. The third-order valence-corrected chi connectivity index (χ3v) is 6.76. The molecular formula is C26H35N5O6. The molecular weight excluding hydrogens is 478 g/mol. The van der Waals surface area contributed by atoms with Gasteiger partial charge in [-0.1, -0.05) is 6.07 Å². The summed E-state index contributed by atoms with van der Waals surface area (Å²) in [5, 5.41) is 6.17. The molecule has 0 saturated carbocycles. The Labute approximate surface area is 215 Å². The summed E-state index contributed by atoms with van der Waals surface area (Å²) in [6.07, 6.45) is 0.550. The number of benzene rings is 1. The zero-order valence-electron chi connectivity index (χ0n) is 21.6. The number of fused-ring (bicyclic) bond motifs is 1. The Morgan fingerprint density at radius 2 is 2.03 bits per heavy atom. The fourth-order valence-corrected chi connectivity index (χ4v) is 5.10. The molecule has 0 aliphatic carbocycles. The second kappa shape index (κ2) is 10.4. The molecule has 2 fully saturated rings. The molecule has 4 amide bonds. The highest BCUT2D eigenvalue weighted by Gasteiger charge is 2.43.